The highest BCUT2D eigenvalue weighted by Gasteiger charge is 2.05. The van der Waals surface area contributed by atoms with Gasteiger partial charge in [0, 0.05) is 23.0 Å². The summed E-state index contributed by atoms with van der Waals surface area (Å²) in [5, 5.41) is 2.86. The van der Waals surface area contributed by atoms with Crippen molar-refractivity contribution < 1.29 is 9.21 Å². The van der Waals surface area contributed by atoms with Crippen molar-refractivity contribution in [3.8, 4) is 0 Å². The Hall–Kier alpha value is -1.55. The maximum absolute atomic E-state index is 11.8. The molecule has 0 unspecified atom stereocenters. The van der Waals surface area contributed by atoms with E-state index in [1.165, 1.54) is 0 Å². The molecule has 3 nitrogen and oxygen atoms in total. The summed E-state index contributed by atoms with van der Waals surface area (Å²) >= 11 is 3.34. The third-order valence-electron chi connectivity index (χ3n) is 2.54. The van der Waals surface area contributed by atoms with Crippen LogP contribution in [0.4, 0.5) is 0 Å². The molecule has 2 aromatic rings. The minimum absolute atomic E-state index is 0.0698. The van der Waals surface area contributed by atoms with E-state index in [2.05, 4.69) is 21.2 Å². The Bertz CT molecular complexity index is 548. The van der Waals surface area contributed by atoms with Gasteiger partial charge < -0.3 is 9.73 Å². The van der Waals surface area contributed by atoms with Gasteiger partial charge in [0.2, 0.25) is 0 Å². The van der Waals surface area contributed by atoms with E-state index < -0.39 is 0 Å². The molecule has 1 aromatic carbocycles. The normalized spacial score (nSPS) is 10.3. The van der Waals surface area contributed by atoms with E-state index in [1.807, 2.05) is 31.2 Å². The Morgan fingerprint density at radius 2 is 2.17 bits per heavy atom. The number of rotatable bonds is 4. The number of benzene rings is 1. The Morgan fingerprint density at radius 3 is 2.83 bits per heavy atom. The Morgan fingerprint density at radius 1 is 1.33 bits per heavy atom. The van der Waals surface area contributed by atoms with Gasteiger partial charge in [0.1, 0.15) is 11.5 Å². The fourth-order valence-corrected chi connectivity index (χ4v) is 2.05. The van der Waals surface area contributed by atoms with Crippen LogP contribution < -0.4 is 5.32 Å². The number of carbonyl (C=O) groups excluding carboxylic acids is 1. The molecule has 1 amide bonds. The van der Waals surface area contributed by atoms with Crippen molar-refractivity contribution in [2.75, 3.05) is 6.54 Å². The van der Waals surface area contributed by atoms with E-state index in [9.17, 15) is 4.79 Å². The van der Waals surface area contributed by atoms with E-state index in [-0.39, 0.29) is 5.91 Å². The Balaban J connectivity index is 1.85. The zero-order chi connectivity index (χ0) is 13.0. The largest absolute Gasteiger partial charge is 0.466 e. The summed E-state index contributed by atoms with van der Waals surface area (Å²) in [5.41, 5.74) is 0.653. The van der Waals surface area contributed by atoms with Crippen molar-refractivity contribution in [3.63, 3.8) is 0 Å². The third-order valence-corrected chi connectivity index (χ3v) is 3.03. The number of aryl methyl sites for hydroxylation is 1. The van der Waals surface area contributed by atoms with Crippen LogP contribution in [0.1, 0.15) is 21.9 Å². The molecule has 94 valence electrons. The summed E-state index contributed by atoms with van der Waals surface area (Å²) < 4.78 is 6.33. The molecule has 4 heteroatoms. The lowest BCUT2D eigenvalue weighted by Crippen LogP contribution is -2.25. The quantitative estimate of drug-likeness (QED) is 0.941. The van der Waals surface area contributed by atoms with Gasteiger partial charge in [0.25, 0.3) is 5.91 Å². The molecule has 0 bridgehead atoms. The average molecular weight is 308 g/mol. The summed E-state index contributed by atoms with van der Waals surface area (Å²) in [6.45, 7) is 2.47. The predicted molar refractivity (Wildman–Crippen MR) is 73.6 cm³/mol. The van der Waals surface area contributed by atoms with Crippen molar-refractivity contribution in [1.82, 2.24) is 5.32 Å². The van der Waals surface area contributed by atoms with Crippen molar-refractivity contribution in [2.45, 2.75) is 13.3 Å². The van der Waals surface area contributed by atoms with Crippen LogP contribution in [0.15, 0.2) is 45.3 Å². The Kier molecular flexibility index (Phi) is 4.20. The molecule has 0 aliphatic heterocycles. The minimum atomic E-state index is -0.0698. The lowest BCUT2D eigenvalue weighted by Gasteiger charge is -2.04. The molecule has 1 aromatic heterocycles. The number of hydrogen-bond acceptors (Lipinski definition) is 2. The van der Waals surface area contributed by atoms with Gasteiger partial charge in [-0.25, -0.2) is 0 Å². The molecule has 0 spiro atoms. The van der Waals surface area contributed by atoms with Crippen LogP contribution in [0, 0.1) is 6.92 Å². The molecule has 0 fully saturated rings. The van der Waals surface area contributed by atoms with Gasteiger partial charge in [-0.05, 0) is 37.3 Å². The molecule has 1 N–H and O–H groups in total. The van der Waals surface area contributed by atoms with Gasteiger partial charge in [0.15, 0.2) is 0 Å². The van der Waals surface area contributed by atoms with E-state index >= 15 is 0 Å². The maximum Gasteiger partial charge on any atom is 0.251 e. The van der Waals surface area contributed by atoms with Crippen LogP contribution in [-0.2, 0) is 6.42 Å². The molecule has 18 heavy (non-hydrogen) atoms. The lowest BCUT2D eigenvalue weighted by atomic mass is 10.2. The topological polar surface area (TPSA) is 42.2 Å². The molecule has 0 aliphatic rings. The van der Waals surface area contributed by atoms with Crippen molar-refractivity contribution in [1.29, 1.82) is 0 Å². The standard InChI is InChI=1S/C14H14BrNO2/c1-10-5-6-13(18-10)7-8-16-14(17)11-3-2-4-12(15)9-11/h2-6,9H,7-8H2,1H3,(H,16,17). The fraction of sp³-hybridized carbons (Fsp3) is 0.214. The maximum atomic E-state index is 11.8. The first-order chi connectivity index (χ1) is 8.65. The van der Waals surface area contributed by atoms with Crippen LogP contribution >= 0.6 is 15.9 Å². The molecule has 0 saturated heterocycles. The number of halogens is 1. The zero-order valence-electron chi connectivity index (χ0n) is 10.1. The predicted octanol–water partition coefficient (Wildman–Crippen LogP) is 3.32. The van der Waals surface area contributed by atoms with Gasteiger partial charge in [-0.1, -0.05) is 22.0 Å². The van der Waals surface area contributed by atoms with Gasteiger partial charge in [-0.3, -0.25) is 4.79 Å². The van der Waals surface area contributed by atoms with Crippen LogP contribution in [0.3, 0.4) is 0 Å². The van der Waals surface area contributed by atoms with Gasteiger partial charge in [-0.15, -0.1) is 0 Å². The number of nitrogens with one attached hydrogen (secondary N) is 1. The molecular formula is C14H14BrNO2. The van der Waals surface area contributed by atoms with Crippen LogP contribution in [0.2, 0.25) is 0 Å². The summed E-state index contributed by atoms with van der Waals surface area (Å²) in [4.78, 5) is 11.8. The van der Waals surface area contributed by atoms with Gasteiger partial charge in [0.05, 0.1) is 0 Å². The van der Waals surface area contributed by atoms with E-state index in [0.29, 0.717) is 18.5 Å². The highest BCUT2D eigenvalue weighted by Crippen LogP contribution is 2.11. The molecular weight excluding hydrogens is 294 g/mol. The molecule has 0 saturated carbocycles. The second-order valence-corrected chi connectivity index (χ2v) is 4.94. The second kappa shape index (κ2) is 5.87. The monoisotopic (exact) mass is 307 g/mol. The van der Waals surface area contributed by atoms with Crippen molar-refractivity contribution in [3.05, 3.63) is 58.0 Å². The first kappa shape index (κ1) is 12.9. The number of furan rings is 1. The Labute approximate surface area is 114 Å². The molecule has 0 aliphatic carbocycles. The fourth-order valence-electron chi connectivity index (χ4n) is 1.65. The summed E-state index contributed by atoms with van der Waals surface area (Å²) in [7, 11) is 0. The summed E-state index contributed by atoms with van der Waals surface area (Å²) in [6.07, 6.45) is 0.702. The number of amides is 1. The van der Waals surface area contributed by atoms with E-state index in [4.69, 9.17) is 4.42 Å². The smallest absolute Gasteiger partial charge is 0.251 e. The summed E-state index contributed by atoms with van der Waals surface area (Å²) in [6, 6.07) is 11.2. The van der Waals surface area contributed by atoms with Crippen molar-refractivity contribution >= 4 is 21.8 Å². The summed E-state index contributed by atoms with van der Waals surface area (Å²) in [5.74, 6) is 1.71. The van der Waals surface area contributed by atoms with E-state index in [0.717, 1.165) is 16.0 Å². The lowest BCUT2D eigenvalue weighted by molar-refractivity contribution is 0.0953. The average Bonchev–Trinajstić information content (AvgIpc) is 2.75. The highest BCUT2D eigenvalue weighted by atomic mass is 79.9. The zero-order valence-corrected chi connectivity index (χ0v) is 11.7. The van der Waals surface area contributed by atoms with Gasteiger partial charge in [-0.2, -0.15) is 0 Å². The third kappa shape index (κ3) is 3.47. The number of hydrogen-bond donors (Lipinski definition) is 1. The van der Waals surface area contributed by atoms with Crippen LogP contribution in [-0.4, -0.2) is 12.5 Å². The minimum Gasteiger partial charge on any atom is -0.466 e. The molecule has 0 atom stereocenters. The number of carbonyl (C=O) groups is 1. The van der Waals surface area contributed by atoms with Crippen LogP contribution in [0.25, 0.3) is 0 Å². The molecule has 0 radical (unpaired) electrons. The van der Waals surface area contributed by atoms with Gasteiger partial charge >= 0.3 is 0 Å². The second-order valence-electron chi connectivity index (χ2n) is 4.03. The first-order valence-corrected chi connectivity index (χ1v) is 6.53. The van der Waals surface area contributed by atoms with Crippen LogP contribution in [0.5, 0.6) is 0 Å². The molecule has 1 heterocycles. The van der Waals surface area contributed by atoms with E-state index in [1.54, 1.807) is 12.1 Å². The highest BCUT2D eigenvalue weighted by molar-refractivity contribution is 9.10. The SMILES string of the molecule is Cc1ccc(CCNC(=O)c2cccc(Br)c2)o1. The van der Waals surface area contributed by atoms with Crippen molar-refractivity contribution in [2.24, 2.45) is 0 Å². The first-order valence-electron chi connectivity index (χ1n) is 5.74. The molecule has 2 rings (SSSR count).